The number of morpholine rings is 1. The molecule has 1 N–H and O–H groups in total. The van der Waals surface area contributed by atoms with E-state index in [1.165, 1.54) is 0 Å². The van der Waals surface area contributed by atoms with E-state index in [9.17, 15) is 0 Å². The second-order valence-corrected chi connectivity index (χ2v) is 4.80. The molecule has 2 heterocycles. The Balaban J connectivity index is 1.53. The molecule has 2 aliphatic heterocycles. The minimum atomic E-state index is 0.309. The molecule has 6 nitrogen and oxygen atoms in total. The number of oxime groups is 1. The number of hydrogen-bond donors (Lipinski definition) is 1. The topological polar surface area (TPSA) is 63.5 Å². The summed E-state index contributed by atoms with van der Waals surface area (Å²) in [5.74, 6) is 1.48. The number of fused-ring (bicyclic) bond motifs is 1. The van der Waals surface area contributed by atoms with E-state index >= 15 is 0 Å². The summed E-state index contributed by atoms with van der Waals surface area (Å²) in [6, 6.07) is 5.58. The number of hydrogen-bond acceptors (Lipinski definition) is 6. The maximum absolute atomic E-state index is 8.83. The molecule has 0 spiro atoms. The first-order valence-corrected chi connectivity index (χ1v) is 6.78. The number of ether oxygens (including phenoxy) is 3. The third kappa shape index (κ3) is 2.86. The lowest BCUT2D eigenvalue weighted by atomic mass is 10.1. The zero-order valence-electron chi connectivity index (χ0n) is 11.2. The first-order chi connectivity index (χ1) is 9.86. The number of nitrogens with zero attached hydrogens (tertiary/aromatic N) is 2. The molecule has 6 heteroatoms. The first kappa shape index (κ1) is 13.2. The highest BCUT2D eigenvalue weighted by Crippen LogP contribution is 2.29. The predicted octanol–water partition coefficient (Wildman–Crippen LogP) is 0.968. The van der Waals surface area contributed by atoms with E-state index < -0.39 is 0 Å². The molecule has 1 saturated heterocycles. The van der Waals surface area contributed by atoms with Crippen molar-refractivity contribution in [3.63, 3.8) is 0 Å². The molecule has 1 fully saturated rings. The van der Waals surface area contributed by atoms with Gasteiger partial charge in [0.25, 0.3) is 0 Å². The fourth-order valence-electron chi connectivity index (χ4n) is 2.37. The zero-order chi connectivity index (χ0) is 13.8. The van der Waals surface area contributed by atoms with Crippen molar-refractivity contribution in [3.05, 3.63) is 23.8 Å². The second-order valence-electron chi connectivity index (χ2n) is 4.80. The fourth-order valence-corrected chi connectivity index (χ4v) is 2.37. The molecular weight excluding hydrogens is 260 g/mol. The predicted molar refractivity (Wildman–Crippen MR) is 73.0 cm³/mol. The van der Waals surface area contributed by atoms with Crippen LogP contribution in [0.4, 0.5) is 0 Å². The Labute approximate surface area is 117 Å². The highest BCUT2D eigenvalue weighted by atomic mass is 16.5. The second kappa shape index (κ2) is 6.11. The Morgan fingerprint density at radius 2 is 2.15 bits per heavy atom. The Kier molecular flexibility index (Phi) is 4.03. The van der Waals surface area contributed by atoms with Crippen LogP contribution in [0.2, 0.25) is 0 Å². The Morgan fingerprint density at radius 3 is 2.95 bits per heavy atom. The van der Waals surface area contributed by atoms with Crippen molar-refractivity contribution >= 4 is 5.71 Å². The van der Waals surface area contributed by atoms with Crippen LogP contribution in [0, 0.1) is 0 Å². The SMILES string of the molecule is ON=C1COc2cc(OCCN3CCOCC3)ccc21. The lowest BCUT2D eigenvalue weighted by Crippen LogP contribution is -2.38. The van der Waals surface area contributed by atoms with Crippen LogP contribution in [-0.2, 0) is 4.74 Å². The van der Waals surface area contributed by atoms with E-state index in [2.05, 4.69) is 10.1 Å². The summed E-state index contributed by atoms with van der Waals surface area (Å²) in [6.07, 6.45) is 0. The highest BCUT2D eigenvalue weighted by Gasteiger charge is 2.20. The van der Waals surface area contributed by atoms with Gasteiger partial charge in [0.2, 0.25) is 0 Å². The molecule has 1 aromatic rings. The average Bonchev–Trinajstić information content (AvgIpc) is 2.90. The lowest BCUT2D eigenvalue weighted by molar-refractivity contribution is 0.0322. The molecule has 0 aliphatic carbocycles. The summed E-state index contributed by atoms with van der Waals surface area (Å²) in [5.41, 5.74) is 1.38. The van der Waals surface area contributed by atoms with Crippen molar-refractivity contribution in [2.75, 3.05) is 46.1 Å². The third-order valence-corrected chi connectivity index (χ3v) is 3.53. The minimum Gasteiger partial charge on any atom is -0.492 e. The van der Waals surface area contributed by atoms with Gasteiger partial charge in [0.15, 0.2) is 0 Å². The Hall–Kier alpha value is -1.79. The summed E-state index contributed by atoms with van der Waals surface area (Å²) in [6.45, 7) is 5.37. The molecule has 20 heavy (non-hydrogen) atoms. The number of benzene rings is 1. The lowest BCUT2D eigenvalue weighted by Gasteiger charge is -2.26. The molecule has 0 amide bonds. The van der Waals surface area contributed by atoms with Crippen molar-refractivity contribution in [2.45, 2.75) is 0 Å². The van der Waals surface area contributed by atoms with Crippen molar-refractivity contribution in [1.29, 1.82) is 0 Å². The van der Waals surface area contributed by atoms with Crippen molar-refractivity contribution in [1.82, 2.24) is 4.90 Å². The molecule has 0 saturated carbocycles. The third-order valence-electron chi connectivity index (χ3n) is 3.53. The van der Waals surface area contributed by atoms with Crippen LogP contribution in [0.25, 0.3) is 0 Å². The van der Waals surface area contributed by atoms with Gasteiger partial charge in [0.05, 0.1) is 13.2 Å². The summed E-state index contributed by atoms with van der Waals surface area (Å²) in [5, 5.41) is 12.0. The smallest absolute Gasteiger partial charge is 0.134 e. The van der Waals surface area contributed by atoms with Gasteiger partial charge >= 0.3 is 0 Å². The Bertz CT molecular complexity index is 498. The van der Waals surface area contributed by atoms with Gasteiger partial charge in [-0.1, -0.05) is 5.16 Å². The molecule has 0 bridgehead atoms. The first-order valence-electron chi connectivity index (χ1n) is 6.78. The quantitative estimate of drug-likeness (QED) is 0.657. The molecule has 0 unspecified atom stereocenters. The fraction of sp³-hybridized carbons (Fsp3) is 0.500. The van der Waals surface area contributed by atoms with Crippen LogP contribution in [0.3, 0.4) is 0 Å². The molecule has 0 aromatic heterocycles. The van der Waals surface area contributed by atoms with E-state index in [0.717, 1.165) is 44.2 Å². The molecule has 108 valence electrons. The van der Waals surface area contributed by atoms with Crippen LogP contribution in [0.15, 0.2) is 23.4 Å². The Morgan fingerprint density at radius 1 is 1.30 bits per heavy atom. The van der Waals surface area contributed by atoms with Gasteiger partial charge in [0.1, 0.15) is 30.4 Å². The molecule has 1 aromatic carbocycles. The van der Waals surface area contributed by atoms with Crippen LogP contribution in [0.5, 0.6) is 11.5 Å². The summed E-state index contributed by atoms with van der Waals surface area (Å²) < 4.78 is 16.5. The normalized spacial score (nSPS) is 20.7. The largest absolute Gasteiger partial charge is 0.492 e. The maximum atomic E-state index is 8.83. The minimum absolute atomic E-state index is 0.309. The van der Waals surface area contributed by atoms with Crippen LogP contribution in [0.1, 0.15) is 5.56 Å². The summed E-state index contributed by atoms with van der Waals surface area (Å²) in [7, 11) is 0. The van der Waals surface area contributed by atoms with E-state index in [0.29, 0.717) is 24.7 Å². The van der Waals surface area contributed by atoms with Gasteiger partial charge in [-0.3, -0.25) is 4.90 Å². The van der Waals surface area contributed by atoms with E-state index in [1.54, 1.807) is 0 Å². The average molecular weight is 278 g/mol. The van der Waals surface area contributed by atoms with E-state index in [-0.39, 0.29) is 0 Å². The van der Waals surface area contributed by atoms with Crippen LogP contribution in [-0.4, -0.2) is 61.9 Å². The summed E-state index contributed by atoms with van der Waals surface area (Å²) >= 11 is 0. The van der Waals surface area contributed by atoms with Crippen molar-refractivity contribution in [3.8, 4) is 11.5 Å². The van der Waals surface area contributed by atoms with Gasteiger partial charge in [-0.15, -0.1) is 0 Å². The molecule has 0 atom stereocenters. The van der Waals surface area contributed by atoms with Crippen molar-refractivity contribution in [2.24, 2.45) is 5.16 Å². The van der Waals surface area contributed by atoms with Crippen LogP contribution >= 0.6 is 0 Å². The van der Waals surface area contributed by atoms with Gasteiger partial charge in [-0.05, 0) is 12.1 Å². The van der Waals surface area contributed by atoms with E-state index in [4.69, 9.17) is 19.4 Å². The van der Waals surface area contributed by atoms with Crippen LogP contribution < -0.4 is 9.47 Å². The van der Waals surface area contributed by atoms with Gasteiger partial charge in [-0.25, -0.2) is 0 Å². The van der Waals surface area contributed by atoms with E-state index in [1.807, 2.05) is 18.2 Å². The van der Waals surface area contributed by atoms with Gasteiger partial charge in [-0.2, -0.15) is 0 Å². The highest BCUT2D eigenvalue weighted by molar-refractivity contribution is 6.05. The number of rotatable bonds is 4. The van der Waals surface area contributed by atoms with Crippen molar-refractivity contribution < 1.29 is 19.4 Å². The maximum Gasteiger partial charge on any atom is 0.134 e. The van der Waals surface area contributed by atoms with Gasteiger partial charge in [0, 0.05) is 31.3 Å². The molecule has 3 rings (SSSR count). The van der Waals surface area contributed by atoms with Gasteiger partial charge < -0.3 is 19.4 Å². The molecule has 0 radical (unpaired) electrons. The monoisotopic (exact) mass is 278 g/mol. The zero-order valence-corrected chi connectivity index (χ0v) is 11.2. The summed E-state index contributed by atoms with van der Waals surface area (Å²) in [4.78, 5) is 2.32. The molecular formula is C14H18N2O4. The molecule has 2 aliphatic rings. The standard InChI is InChI=1S/C14H18N2O4/c17-15-13-10-20-14-9-11(1-2-12(13)14)19-8-5-16-3-6-18-7-4-16/h1-2,9,17H,3-8,10H2.